The first kappa shape index (κ1) is 11.0. The Kier molecular flexibility index (Phi) is 4.97. The SMILES string of the molecule is COCC/C(=C\c1ccccc1)CO. The summed E-state index contributed by atoms with van der Waals surface area (Å²) < 4.78 is 4.96. The topological polar surface area (TPSA) is 29.5 Å². The van der Waals surface area contributed by atoms with Crippen molar-refractivity contribution in [1.29, 1.82) is 0 Å². The lowest BCUT2D eigenvalue weighted by Gasteiger charge is -2.03. The highest BCUT2D eigenvalue weighted by Crippen LogP contribution is 2.08. The van der Waals surface area contributed by atoms with E-state index in [0.717, 1.165) is 17.6 Å². The summed E-state index contributed by atoms with van der Waals surface area (Å²) in [5, 5.41) is 9.09. The highest BCUT2D eigenvalue weighted by molar-refractivity contribution is 5.52. The van der Waals surface area contributed by atoms with Crippen molar-refractivity contribution in [3.05, 3.63) is 41.5 Å². The zero-order chi connectivity index (χ0) is 10.2. The summed E-state index contributed by atoms with van der Waals surface area (Å²) in [5.74, 6) is 0. The van der Waals surface area contributed by atoms with Crippen LogP contribution in [0.25, 0.3) is 6.08 Å². The highest BCUT2D eigenvalue weighted by atomic mass is 16.5. The number of methoxy groups -OCH3 is 1. The van der Waals surface area contributed by atoms with Crippen LogP contribution in [0.5, 0.6) is 0 Å². The normalized spacial score (nSPS) is 11.7. The third-order valence-corrected chi connectivity index (χ3v) is 2.00. The summed E-state index contributed by atoms with van der Waals surface area (Å²) in [6.45, 7) is 0.748. The van der Waals surface area contributed by atoms with Gasteiger partial charge >= 0.3 is 0 Å². The van der Waals surface area contributed by atoms with Crippen LogP contribution in [0.1, 0.15) is 12.0 Å². The third-order valence-electron chi connectivity index (χ3n) is 2.00. The van der Waals surface area contributed by atoms with Gasteiger partial charge in [0, 0.05) is 13.7 Å². The molecule has 0 heterocycles. The van der Waals surface area contributed by atoms with E-state index in [4.69, 9.17) is 9.84 Å². The first-order chi connectivity index (χ1) is 6.86. The van der Waals surface area contributed by atoms with Crippen molar-refractivity contribution in [2.24, 2.45) is 0 Å². The molecule has 1 rings (SSSR count). The average molecular weight is 192 g/mol. The molecule has 1 aromatic carbocycles. The number of rotatable bonds is 5. The van der Waals surface area contributed by atoms with Gasteiger partial charge in [-0.15, -0.1) is 0 Å². The molecular weight excluding hydrogens is 176 g/mol. The van der Waals surface area contributed by atoms with Crippen molar-refractivity contribution >= 4 is 6.08 Å². The minimum atomic E-state index is 0.0955. The first-order valence-corrected chi connectivity index (χ1v) is 4.71. The van der Waals surface area contributed by atoms with Gasteiger partial charge in [-0.1, -0.05) is 36.4 Å². The van der Waals surface area contributed by atoms with Crippen LogP contribution in [0.2, 0.25) is 0 Å². The van der Waals surface area contributed by atoms with Gasteiger partial charge in [-0.25, -0.2) is 0 Å². The second kappa shape index (κ2) is 6.35. The molecule has 0 aliphatic rings. The molecule has 0 bridgehead atoms. The summed E-state index contributed by atoms with van der Waals surface area (Å²) >= 11 is 0. The number of ether oxygens (including phenoxy) is 1. The Hall–Kier alpha value is -1.12. The Labute approximate surface area is 84.8 Å². The van der Waals surface area contributed by atoms with Crippen molar-refractivity contribution in [3.8, 4) is 0 Å². The lowest BCUT2D eigenvalue weighted by Crippen LogP contribution is -1.96. The van der Waals surface area contributed by atoms with Crippen LogP contribution in [-0.4, -0.2) is 25.4 Å². The minimum absolute atomic E-state index is 0.0955. The fraction of sp³-hybridized carbons (Fsp3) is 0.333. The fourth-order valence-corrected chi connectivity index (χ4v) is 1.21. The van der Waals surface area contributed by atoms with E-state index >= 15 is 0 Å². The van der Waals surface area contributed by atoms with Gasteiger partial charge in [0.25, 0.3) is 0 Å². The van der Waals surface area contributed by atoms with Gasteiger partial charge in [0.05, 0.1) is 6.61 Å². The lowest BCUT2D eigenvalue weighted by molar-refractivity contribution is 0.197. The molecular formula is C12H16O2. The molecule has 0 fully saturated rings. The predicted molar refractivity (Wildman–Crippen MR) is 58.0 cm³/mol. The Balaban J connectivity index is 2.64. The second-order valence-electron chi connectivity index (χ2n) is 3.11. The Morgan fingerprint density at radius 1 is 1.36 bits per heavy atom. The van der Waals surface area contributed by atoms with E-state index in [9.17, 15) is 0 Å². The Morgan fingerprint density at radius 3 is 2.64 bits per heavy atom. The van der Waals surface area contributed by atoms with E-state index in [1.807, 2.05) is 36.4 Å². The van der Waals surface area contributed by atoms with Crippen LogP contribution < -0.4 is 0 Å². The van der Waals surface area contributed by atoms with E-state index in [2.05, 4.69) is 0 Å². The zero-order valence-corrected chi connectivity index (χ0v) is 8.44. The Bertz CT molecular complexity index is 278. The van der Waals surface area contributed by atoms with Gasteiger partial charge in [0.2, 0.25) is 0 Å². The molecule has 2 heteroatoms. The lowest BCUT2D eigenvalue weighted by atomic mass is 10.1. The fourth-order valence-electron chi connectivity index (χ4n) is 1.21. The summed E-state index contributed by atoms with van der Waals surface area (Å²) in [4.78, 5) is 0. The van der Waals surface area contributed by atoms with Crippen LogP contribution in [0.15, 0.2) is 35.9 Å². The van der Waals surface area contributed by atoms with Crippen LogP contribution in [0.4, 0.5) is 0 Å². The molecule has 14 heavy (non-hydrogen) atoms. The van der Waals surface area contributed by atoms with E-state index in [1.165, 1.54) is 0 Å². The Morgan fingerprint density at radius 2 is 2.07 bits per heavy atom. The van der Waals surface area contributed by atoms with Gasteiger partial charge in [-0.2, -0.15) is 0 Å². The van der Waals surface area contributed by atoms with E-state index in [-0.39, 0.29) is 6.61 Å². The maximum Gasteiger partial charge on any atom is 0.0645 e. The smallest absolute Gasteiger partial charge is 0.0645 e. The molecule has 0 aliphatic heterocycles. The summed E-state index contributed by atoms with van der Waals surface area (Å²) in [6.07, 6.45) is 2.78. The first-order valence-electron chi connectivity index (χ1n) is 4.71. The van der Waals surface area contributed by atoms with Crippen LogP contribution in [-0.2, 0) is 4.74 Å². The van der Waals surface area contributed by atoms with Gasteiger partial charge in [0.1, 0.15) is 0 Å². The molecule has 0 radical (unpaired) electrons. The van der Waals surface area contributed by atoms with E-state index in [1.54, 1.807) is 7.11 Å². The molecule has 1 aromatic rings. The van der Waals surface area contributed by atoms with Crippen LogP contribution in [0.3, 0.4) is 0 Å². The summed E-state index contributed by atoms with van der Waals surface area (Å²) in [7, 11) is 1.66. The predicted octanol–water partition coefficient (Wildman–Crippen LogP) is 2.10. The molecule has 0 aromatic heterocycles. The van der Waals surface area contributed by atoms with Gasteiger partial charge in [-0.05, 0) is 17.6 Å². The molecule has 2 nitrogen and oxygen atoms in total. The van der Waals surface area contributed by atoms with Gasteiger partial charge < -0.3 is 9.84 Å². The molecule has 76 valence electrons. The maximum absolute atomic E-state index is 9.09. The molecule has 0 amide bonds. The van der Waals surface area contributed by atoms with Crippen LogP contribution in [0, 0.1) is 0 Å². The van der Waals surface area contributed by atoms with Crippen molar-refractivity contribution in [2.45, 2.75) is 6.42 Å². The molecule has 0 aliphatic carbocycles. The van der Waals surface area contributed by atoms with Crippen molar-refractivity contribution in [3.63, 3.8) is 0 Å². The molecule has 0 atom stereocenters. The third kappa shape index (κ3) is 3.73. The maximum atomic E-state index is 9.09. The largest absolute Gasteiger partial charge is 0.392 e. The number of benzene rings is 1. The quantitative estimate of drug-likeness (QED) is 0.774. The number of aliphatic hydroxyl groups excluding tert-OH is 1. The van der Waals surface area contributed by atoms with Gasteiger partial charge in [0.15, 0.2) is 0 Å². The van der Waals surface area contributed by atoms with Crippen LogP contribution >= 0.6 is 0 Å². The highest BCUT2D eigenvalue weighted by Gasteiger charge is 1.95. The summed E-state index contributed by atoms with van der Waals surface area (Å²) in [5.41, 5.74) is 2.12. The number of hydrogen-bond acceptors (Lipinski definition) is 2. The average Bonchev–Trinajstić information content (AvgIpc) is 2.25. The molecule has 0 saturated heterocycles. The number of hydrogen-bond donors (Lipinski definition) is 1. The molecule has 0 saturated carbocycles. The molecule has 0 spiro atoms. The minimum Gasteiger partial charge on any atom is -0.392 e. The summed E-state index contributed by atoms with van der Waals surface area (Å²) in [6, 6.07) is 9.98. The van der Waals surface area contributed by atoms with E-state index in [0.29, 0.717) is 6.61 Å². The molecule has 0 unspecified atom stereocenters. The number of aliphatic hydroxyl groups is 1. The van der Waals surface area contributed by atoms with Crippen molar-refractivity contribution < 1.29 is 9.84 Å². The van der Waals surface area contributed by atoms with Crippen molar-refractivity contribution in [1.82, 2.24) is 0 Å². The second-order valence-corrected chi connectivity index (χ2v) is 3.11. The van der Waals surface area contributed by atoms with Crippen molar-refractivity contribution in [2.75, 3.05) is 20.3 Å². The van der Waals surface area contributed by atoms with E-state index < -0.39 is 0 Å². The van der Waals surface area contributed by atoms with Gasteiger partial charge in [-0.3, -0.25) is 0 Å². The zero-order valence-electron chi connectivity index (χ0n) is 8.44. The monoisotopic (exact) mass is 192 g/mol. The molecule has 1 N–H and O–H groups in total. The standard InChI is InChI=1S/C12H16O2/c1-14-8-7-12(10-13)9-11-5-3-2-4-6-11/h2-6,9,13H,7-8,10H2,1H3/b12-9+.